The first kappa shape index (κ1) is 30.0. The van der Waals surface area contributed by atoms with Gasteiger partial charge in [-0.1, -0.05) is 188 Å². The number of fused-ring (bicyclic) bond motifs is 3. The number of aromatic nitrogens is 2. The van der Waals surface area contributed by atoms with Crippen LogP contribution in [0.2, 0.25) is 0 Å². The van der Waals surface area contributed by atoms with Gasteiger partial charge >= 0.3 is 0 Å². The Labute approximate surface area is 303 Å². The summed E-state index contributed by atoms with van der Waals surface area (Å²) in [6.07, 6.45) is 0. The quantitative estimate of drug-likeness (QED) is 0.177. The lowest BCUT2D eigenvalue weighted by Crippen LogP contribution is -1.96. The Kier molecular flexibility index (Phi) is 7.18. The fourth-order valence-electron chi connectivity index (χ4n) is 7.76. The minimum atomic E-state index is 0.708. The van der Waals surface area contributed by atoms with Crippen LogP contribution in [0.1, 0.15) is 0 Å². The summed E-state index contributed by atoms with van der Waals surface area (Å²) >= 11 is 0. The van der Waals surface area contributed by atoms with Crippen molar-refractivity contribution in [2.24, 2.45) is 0 Å². The zero-order valence-corrected chi connectivity index (χ0v) is 28.4. The molecule has 8 aromatic carbocycles. The maximum absolute atomic E-state index is 5.13. The Hall–Kier alpha value is -6.90. The molecule has 0 bridgehead atoms. The smallest absolute Gasteiger partial charge is 0.160 e. The highest BCUT2D eigenvalue weighted by Crippen LogP contribution is 2.50. The lowest BCUT2D eigenvalue weighted by atomic mass is 9.89. The summed E-state index contributed by atoms with van der Waals surface area (Å²) in [4.78, 5) is 10.2. The monoisotopic (exact) mass is 660 g/mol. The SMILES string of the molecule is c1ccc(-c2ccc(-c3nc(-c4ccccc4)cc(-c4ccc(-c5ccccc5-c5ccc6c7c(cccc57)-c5ccccc5-6)cc4)n3)cc2)cc1. The molecular weight excluding hydrogens is 629 g/mol. The maximum Gasteiger partial charge on any atom is 0.160 e. The molecule has 0 N–H and O–H groups in total. The highest BCUT2D eigenvalue weighted by atomic mass is 14.9. The molecule has 9 aromatic rings. The van der Waals surface area contributed by atoms with Crippen LogP contribution in [0.15, 0.2) is 194 Å². The number of rotatable bonds is 6. The van der Waals surface area contributed by atoms with Gasteiger partial charge in [0.1, 0.15) is 0 Å². The summed E-state index contributed by atoms with van der Waals surface area (Å²) in [6.45, 7) is 0. The molecule has 1 aliphatic carbocycles. The molecule has 10 rings (SSSR count). The van der Waals surface area contributed by atoms with E-state index in [1.54, 1.807) is 0 Å². The predicted molar refractivity (Wildman–Crippen MR) is 217 cm³/mol. The van der Waals surface area contributed by atoms with Crippen molar-refractivity contribution in [3.05, 3.63) is 194 Å². The van der Waals surface area contributed by atoms with Gasteiger partial charge in [0, 0.05) is 16.7 Å². The van der Waals surface area contributed by atoms with E-state index in [0.717, 1.165) is 28.1 Å². The summed E-state index contributed by atoms with van der Waals surface area (Å²) in [6, 6.07) is 69.1. The van der Waals surface area contributed by atoms with E-state index in [-0.39, 0.29) is 0 Å². The highest BCUT2D eigenvalue weighted by molar-refractivity contribution is 6.19. The second-order valence-electron chi connectivity index (χ2n) is 13.3. The van der Waals surface area contributed by atoms with Gasteiger partial charge in [0.05, 0.1) is 11.4 Å². The lowest BCUT2D eigenvalue weighted by molar-refractivity contribution is 1.18. The molecule has 1 heterocycles. The van der Waals surface area contributed by atoms with Crippen molar-refractivity contribution in [3.8, 4) is 89.5 Å². The fourth-order valence-corrected chi connectivity index (χ4v) is 7.76. The number of hydrogen-bond donors (Lipinski definition) is 0. The lowest BCUT2D eigenvalue weighted by Gasteiger charge is -2.15. The average molecular weight is 661 g/mol. The summed E-state index contributed by atoms with van der Waals surface area (Å²) in [5.41, 5.74) is 17.4. The normalized spacial score (nSPS) is 11.5. The molecule has 0 fully saturated rings. The molecular formula is C50H32N2. The molecule has 242 valence electrons. The zero-order chi connectivity index (χ0) is 34.4. The van der Waals surface area contributed by atoms with Gasteiger partial charge in [0.15, 0.2) is 5.82 Å². The van der Waals surface area contributed by atoms with E-state index in [1.165, 1.54) is 66.4 Å². The van der Waals surface area contributed by atoms with Crippen LogP contribution < -0.4 is 0 Å². The van der Waals surface area contributed by atoms with Crippen LogP contribution in [-0.2, 0) is 0 Å². The van der Waals surface area contributed by atoms with Crippen molar-refractivity contribution in [2.45, 2.75) is 0 Å². The molecule has 0 atom stereocenters. The molecule has 0 unspecified atom stereocenters. The second-order valence-corrected chi connectivity index (χ2v) is 13.3. The van der Waals surface area contributed by atoms with Crippen LogP contribution >= 0.6 is 0 Å². The largest absolute Gasteiger partial charge is 0.228 e. The van der Waals surface area contributed by atoms with Gasteiger partial charge in [-0.3, -0.25) is 0 Å². The standard InChI is InChI=1S/C50H32N2/c1-3-12-33(13-4-1)34-22-28-38(29-23-34)50-51-47(36-14-5-2-6-15-36)32-48(52-50)37-26-24-35(25-27-37)39-16-7-8-17-40(39)43-30-31-46-42-19-10-9-18-41(42)44-20-11-21-45(43)49(44)46/h1-32H. The maximum atomic E-state index is 5.13. The second kappa shape index (κ2) is 12.5. The average Bonchev–Trinajstić information content (AvgIpc) is 3.56. The van der Waals surface area contributed by atoms with Gasteiger partial charge in [-0.2, -0.15) is 0 Å². The van der Waals surface area contributed by atoms with Crippen molar-refractivity contribution in [1.82, 2.24) is 9.97 Å². The summed E-state index contributed by atoms with van der Waals surface area (Å²) < 4.78 is 0. The molecule has 0 amide bonds. The van der Waals surface area contributed by atoms with Gasteiger partial charge in [-0.25, -0.2) is 9.97 Å². The molecule has 1 aliphatic rings. The Morgan fingerprint density at radius 2 is 0.673 bits per heavy atom. The molecule has 0 spiro atoms. The number of benzene rings is 8. The molecule has 52 heavy (non-hydrogen) atoms. The van der Waals surface area contributed by atoms with E-state index in [1.807, 2.05) is 12.1 Å². The number of hydrogen-bond acceptors (Lipinski definition) is 2. The third kappa shape index (κ3) is 5.12. The molecule has 0 saturated carbocycles. The molecule has 0 aliphatic heterocycles. The Balaban J connectivity index is 1.04. The van der Waals surface area contributed by atoms with Gasteiger partial charge in [-0.15, -0.1) is 0 Å². The van der Waals surface area contributed by atoms with Gasteiger partial charge in [-0.05, 0) is 72.5 Å². The Morgan fingerprint density at radius 1 is 0.250 bits per heavy atom. The van der Waals surface area contributed by atoms with E-state index in [0.29, 0.717) is 5.82 Å². The molecule has 2 heteroatoms. The van der Waals surface area contributed by atoms with Crippen LogP contribution in [0, 0.1) is 0 Å². The van der Waals surface area contributed by atoms with Crippen molar-refractivity contribution in [3.63, 3.8) is 0 Å². The van der Waals surface area contributed by atoms with Gasteiger partial charge in [0.2, 0.25) is 0 Å². The van der Waals surface area contributed by atoms with Crippen LogP contribution in [0.3, 0.4) is 0 Å². The van der Waals surface area contributed by atoms with Crippen molar-refractivity contribution in [1.29, 1.82) is 0 Å². The Bertz CT molecular complexity index is 2720. The van der Waals surface area contributed by atoms with E-state index in [9.17, 15) is 0 Å². The topological polar surface area (TPSA) is 25.8 Å². The third-order valence-electron chi connectivity index (χ3n) is 10.3. The van der Waals surface area contributed by atoms with E-state index < -0.39 is 0 Å². The summed E-state index contributed by atoms with van der Waals surface area (Å²) in [7, 11) is 0. The van der Waals surface area contributed by atoms with E-state index >= 15 is 0 Å². The van der Waals surface area contributed by atoms with Crippen LogP contribution in [-0.4, -0.2) is 9.97 Å². The van der Waals surface area contributed by atoms with Crippen LogP contribution in [0.5, 0.6) is 0 Å². The summed E-state index contributed by atoms with van der Waals surface area (Å²) in [5, 5.41) is 2.63. The predicted octanol–water partition coefficient (Wildman–Crippen LogP) is 13.3. The molecule has 1 aromatic heterocycles. The first-order chi connectivity index (χ1) is 25.8. The van der Waals surface area contributed by atoms with E-state index in [2.05, 4.69) is 182 Å². The minimum absolute atomic E-state index is 0.708. The third-order valence-corrected chi connectivity index (χ3v) is 10.3. The number of nitrogens with zero attached hydrogens (tertiary/aromatic N) is 2. The van der Waals surface area contributed by atoms with Crippen LogP contribution in [0.25, 0.3) is 100 Å². The van der Waals surface area contributed by atoms with Crippen molar-refractivity contribution >= 4 is 10.8 Å². The minimum Gasteiger partial charge on any atom is -0.228 e. The first-order valence-corrected chi connectivity index (χ1v) is 17.7. The highest BCUT2D eigenvalue weighted by Gasteiger charge is 2.23. The molecule has 2 nitrogen and oxygen atoms in total. The van der Waals surface area contributed by atoms with Crippen molar-refractivity contribution in [2.75, 3.05) is 0 Å². The van der Waals surface area contributed by atoms with Crippen molar-refractivity contribution < 1.29 is 0 Å². The van der Waals surface area contributed by atoms with E-state index in [4.69, 9.17) is 9.97 Å². The Morgan fingerprint density at radius 3 is 1.33 bits per heavy atom. The summed E-state index contributed by atoms with van der Waals surface area (Å²) in [5.74, 6) is 0.708. The zero-order valence-electron chi connectivity index (χ0n) is 28.4. The van der Waals surface area contributed by atoms with Gasteiger partial charge < -0.3 is 0 Å². The molecule has 0 saturated heterocycles. The fraction of sp³-hybridized carbons (Fsp3) is 0. The molecule has 0 radical (unpaired) electrons. The van der Waals surface area contributed by atoms with Crippen LogP contribution in [0.4, 0.5) is 0 Å². The van der Waals surface area contributed by atoms with Gasteiger partial charge in [0.25, 0.3) is 0 Å². The first-order valence-electron chi connectivity index (χ1n) is 17.7.